The van der Waals surface area contributed by atoms with Crippen molar-refractivity contribution in [2.24, 2.45) is 0 Å². The minimum atomic E-state index is 0.714. The monoisotopic (exact) mass is 229 g/mol. The predicted octanol–water partition coefficient (Wildman–Crippen LogP) is 1.91. The van der Waals surface area contributed by atoms with Gasteiger partial charge < -0.3 is 14.6 Å². The largest absolute Gasteiger partial charge is 0.432 e. The Morgan fingerprint density at radius 3 is 2.65 bits per heavy atom. The van der Waals surface area contributed by atoms with E-state index in [4.69, 9.17) is 4.42 Å². The fraction of sp³-hybridized carbons (Fsp3) is 0.308. The molecule has 4 heteroatoms. The first-order valence-corrected chi connectivity index (χ1v) is 5.77. The molecule has 1 aromatic heterocycles. The molecule has 1 aliphatic heterocycles. The molecule has 0 atom stereocenters. The van der Waals surface area contributed by atoms with E-state index in [1.165, 1.54) is 11.1 Å². The van der Waals surface area contributed by atoms with Gasteiger partial charge in [0, 0.05) is 19.6 Å². The first-order valence-electron chi connectivity index (χ1n) is 5.77. The highest BCUT2D eigenvalue weighted by Gasteiger charge is 2.21. The second-order valence-electron chi connectivity index (χ2n) is 4.28. The summed E-state index contributed by atoms with van der Waals surface area (Å²) in [5.41, 5.74) is 3.67. The molecular formula is C13H15N3O. The molecule has 17 heavy (non-hydrogen) atoms. The Hall–Kier alpha value is -1.81. The van der Waals surface area contributed by atoms with Crippen LogP contribution >= 0.6 is 0 Å². The maximum atomic E-state index is 5.51. The summed E-state index contributed by atoms with van der Waals surface area (Å²) in [6.45, 7) is 2.51. The lowest BCUT2D eigenvalue weighted by Crippen LogP contribution is -2.15. The quantitative estimate of drug-likeness (QED) is 0.873. The first kappa shape index (κ1) is 10.4. The van der Waals surface area contributed by atoms with Gasteiger partial charge in [-0.15, -0.1) is 0 Å². The number of nitrogens with one attached hydrogen (secondary N) is 1. The maximum Gasteiger partial charge on any atom is 0.298 e. The molecular weight excluding hydrogens is 214 g/mol. The van der Waals surface area contributed by atoms with Crippen molar-refractivity contribution >= 4 is 6.01 Å². The number of benzene rings is 1. The molecule has 0 radical (unpaired) electrons. The van der Waals surface area contributed by atoms with E-state index in [0.717, 1.165) is 25.3 Å². The summed E-state index contributed by atoms with van der Waals surface area (Å²) in [6.07, 6.45) is 1.72. The minimum Gasteiger partial charge on any atom is -0.432 e. The molecule has 0 saturated carbocycles. The normalized spacial score (nSPS) is 14.1. The standard InChI is InChI=1S/C13H15N3O/c1-14-6-12-9-17-13(15-12)16-7-10-4-2-3-5-11(10)8-16/h2-5,9,14H,6-8H2,1H3. The number of rotatable bonds is 3. The van der Waals surface area contributed by atoms with Crippen LogP contribution in [0.5, 0.6) is 0 Å². The van der Waals surface area contributed by atoms with Crippen LogP contribution in [0, 0.1) is 0 Å². The van der Waals surface area contributed by atoms with Gasteiger partial charge in [0.15, 0.2) is 0 Å². The molecule has 0 saturated heterocycles. The molecule has 0 unspecified atom stereocenters. The van der Waals surface area contributed by atoms with E-state index in [1.807, 2.05) is 7.05 Å². The van der Waals surface area contributed by atoms with E-state index in [0.29, 0.717) is 6.01 Å². The molecule has 88 valence electrons. The van der Waals surface area contributed by atoms with Gasteiger partial charge in [-0.2, -0.15) is 4.98 Å². The van der Waals surface area contributed by atoms with E-state index < -0.39 is 0 Å². The van der Waals surface area contributed by atoms with Gasteiger partial charge in [-0.3, -0.25) is 0 Å². The number of aromatic nitrogens is 1. The highest BCUT2D eigenvalue weighted by Crippen LogP contribution is 2.27. The molecule has 0 fully saturated rings. The highest BCUT2D eigenvalue weighted by molar-refractivity contribution is 5.42. The van der Waals surface area contributed by atoms with Gasteiger partial charge in [-0.25, -0.2) is 0 Å². The smallest absolute Gasteiger partial charge is 0.298 e. The lowest BCUT2D eigenvalue weighted by Gasteiger charge is -2.11. The Morgan fingerprint density at radius 1 is 1.29 bits per heavy atom. The average Bonchev–Trinajstić information content (AvgIpc) is 2.94. The molecule has 2 heterocycles. The van der Waals surface area contributed by atoms with E-state index in [9.17, 15) is 0 Å². The van der Waals surface area contributed by atoms with Gasteiger partial charge in [-0.1, -0.05) is 24.3 Å². The number of nitrogens with zero attached hydrogens (tertiary/aromatic N) is 2. The van der Waals surface area contributed by atoms with Crippen LogP contribution in [0.1, 0.15) is 16.8 Å². The first-order chi connectivity index (χ1) is 8.36. The lowest BCUT2D eigenvalue weighted by molar-refractivity contribution is 0.536. The summed E-state index contributed by atoms with van der Waals surface area (Å²) in [7, 11) is 1.90. The molecule has 0 amide bonds. The average molecular weight is 229 g/mol. The Kier molecular flexibility index (Phi) is 2.57. The molecule has 3 rings (SSSR count). The van der Waals surface area contributed by atoms with Gasteiger partial charge in [-0.05, 0) is 18.2 Å². The van der Waals surface area contributed by atoms with Crippen molar-refractivity contribution in [2.75, 3.05) is 11.9 Å². The Balaban J connectivity index is 1.79. The summed E-state index contributed by atoms with van der Waals surface area (Å²) < 4.78 is 5.51. The molecule has 0 spiro atoms. The zero-order valence-electron chi connectivity index (χ0n) is 9.81. The van der Waals surface area contributed by atoms with Crippen molar-refractivity contribution in [1.29, 1.82) is 0 Å². The maximum absolute atomic E-state index is 5.51. The number of hydrogen-bond acceptors (Lipinski definition) is 4. The predicted molar refractivity (Wildman–Crippen MR) is 65.6 cm³/mol. The van der Waals surface area contributed by atoms with Crippen LogP contribution in [-0.4, -0.2) is 12.0 Å². The number of fused-ring (bicyclic) bond motifs is 1. The van der Waals surface area contributed by atoms with Crippen LogP contribution in [0.4, 0.5) is 6.01 Å². The Morgan fingerprint density at radius 2 is 2.00 bits per heavy atom. The van der Waals surface area contributed by atoms with Crippen molar-refractivity contribution in [3.63, 3.8) is 0 Å². The van der Waals surface area contributed by atoms with Gasteiger partial charge in [0.05, 0.1) is 5.69 Å². The summed E-state index contributed by atoms with van der Waals surface area (Å²) in [5.74, 6) is 0. The third kappa shape index (κ3) is 1.91. The highest BCUT2D eigenvalue weighted by atomic mass is 16.4. The van der Waals surface area contributed by atoms with E-state index in [-0.39, 0.29) is 0 Å². The van der Waals surface area contributed by atoms with Crippen LogP contribution < -0.4 is 10.2 Å². The van der Waals surface area contributed by atoms with Gasteiger partial charge >= 0.3 is 0 Å². The van der Waals surface area contributed by atoms with Crippen LogP contribution in [0.15, 0.2) is 34.9 Å². The fourth-order valence-corrected chi connectivity index (χ4v) is 2.17. The van der Waals surface area contributed by atoms with Crippen LogP contribution in [0.3, 0.4) is 0 Å². The van der Waals surface area contributed by atoms with Crippen molar-refractivity contribution in [3.05, 3.63) is 47.3 Å². The molecule has 4 nitrogen and oxygen atoms in total. The molecule has 2 aromatic rings. The van der Waals surface area contributed by atoms with Gasteiger partial charge in [0.2, 0.25) is 0 Å². The molecule has 1 aromatic carbocycles. The fourth-order valence-electron chi connectivity index (χ4n) is 2.17. The van der Waals surface area contributed by atoms with Crippen molar-refractivity contribution in [3.8, 4) is 0 Å². The summed E-state index contributed by atoms with van der Waals surface area (Å²) in [4.78, 5) is 6.62. The third-order valence-electron chi connectivity index (χ3n) is 3.01. The van der Waals surface area contributed by atoms with Gasteiger partial charge in [0.25, 0.3) is 6.01 Å². The summed E-state index contributed by atoms with van der Waals surface area (Å²) in [5, 5.41) is 3.06. The van der Waals surface area contributed by atoms with E-state index in [1.54, 1.807) is 6.26 Å². The second kappa shape index (κ2) is 4.22. The lowest BCUT2D eigenvalue weighted by atomic mass is 10.1. The SMILES string of the molecule is CNCc1coc(N2Cc3ccccc3C2)n1. The summed E-state index contributed by atoms with van der Waals surface area (Å²) in [6, 6.07) is 9.18. The second-order valence-corrected chi connectivity index (χ2v) is 4.28. The number of hydrogen-bond donors (Lipinski definition) is 1. The zero-order valence-corrected chi connectivity index (χ0v) is 9.81. The minimum absolute atomic E-state index is 0.714. The molecule has 1 N–H and O–H groups in total. The van der Waals surface area contributed by atoms with Crippen molar-refractivity contribution in [2.45, 2.75) is 19.6 Å². The third-order valence-corrected chi connectivity index (χ3v) is 3.01. The molecule has 0 bridgehead atoms. The Bertz CT molecular complexity index is 496. The van der Waals surface area contributed by atoms with Crippen LogP contribution in [0.25, 0.3) is 0 Å². The van der Waals surface area contributed by atoms with Crippen LogP contribution in [-0.2, 0) is 19.6 Å². The van der Waals surface area contributed by atoms with E-state index >= 15 is 0 Å². The van der Waals surface area contributed by atoms with E-state index in [2.05, 4.69) is 39.5 Å². The number of anilines is 1. The van der Waals surface area contributed by atoms with Gasteiger partial charge in [0.1, 0.15) is 6.26 Å². The van der Waals surface area contributed by atoms with Crippen molar-refractivity contribution in [1.82, 2.24) is 10.3 Å². The van der Waals surface area contributed by atoms with Crippen LogP contribution in [0.2, 0.25) is 0 Å². The van der Waals surface area contributed by atoms with Crippen molar-refractivity contribution < 1.29 is 4.42 Å². The Labute approximate surface area is 100 Å². The number of oxazole rings is 1. The summed E-state index contributed by atoms with van der Waals surface area (Å²) >= 11 is 0. The molecule has 1 aliphatic rings. The zero-order chi connectivity index (χ0) is 11.7. The topological polar surface area (TPSA) is 41.3 Å². The molecule has 0 aliphatic carbocycles.